The molecule has 2 aromatic rings. The van der Waals surface area contributed by atoms with Crippen molar-refractivity contribution in [2.45, 2.75) is 25.2 Å². The predicted octanol–water partition coefficient (Wildman–Crippen LogP) is 2.12. The van der Waals surface area contributed by atoms with E-state index >= 15 is 0 Å². The Labute approximate surface area is 217 Å². The van der Waals surface area contributed by atoms with Crippen LogP contribution >= 0.6 is 0 Å². The van der Waals surface area contributed by atoms with Gasteiger partial charge in [-0.15, -0.1) is 0 Å². The fourth-order valence-corrected chi connectivity index (χ4v) is 5.54. The molecule has 2 aliphatic rings. The largest absolute Gasteiger partial charge is 0.398 e. The average molecular weight is 525 g/mol. The summed E-state index contributed by atoms with van der Waals surface area (Å²) in [6.07, 6.45) is 0.554. The number of carbonyl (C=O) groups is 2. The highest BCUT2D eigenvalue weighted by molar-refractivity contribution is 7.89. The number of carbonyl (C=O) groups excluding carboxylic acids is 2. The normalized spacial score (nSPS) is 15.3. The number of nitrogens with zero attached hydrogens (tertiary/aromatic N) is 1. The van der Waals surface area contributed by atoms with Crippen molar-refractivity contribution in [2.75, 3.05) is 39.4 Å². The van der Waals surface area contributed by atoms with Crippen molar-refractivity contribution in [1.82, 2.24) is 14.9 Å². The van der Waals surface area contributed by atoms with Crippen LogP contribution in [0.2, 0.25) is 0 Å². The van der Waals surface area contributed by atoms with E-state index in [1.807, 2.05) is 0 Å². The number of Topliss-reactive ketones (excluding diaryl/α,β-unsaturated/α-hetero) is 1. The lowest BCUT2D eigenvalue weighted by atomic mass is 9.84. The zero-order valence-corrected chi connectivity index (χ0v) is 21.9. The number of fused-ring (bicyclic) bond motifs is 2. The smallest absolute Gasteiger partial charge is 0.258 e. The van der Waals surface area contributed by atoms with Crippen LogP contribution in [0.3, 0.4) is 0 Å². The lowest BCUT2D eigenvalue weighted by Crippen LogP contribution is -2.28. The molecule has 0 spiro atoms. The molecule has 1 aliphatic heterocycles. The molecule has 0 saturated carbocycles. The van der Waals surface area contributed by atoms with Gasteiger partial charge in [0.25, 0.3) is 5.91 Å². The number of likely N-dealkylation sites (N-methyl/N-ethyl adjacent to an activating group) is 1. The van der Waals surface area contributed by atoms with E-state index < -0.39 is 15.9 Å². The Morgan fingerprint density at radius 1 is 0.946 bits per heavy atom. The Morgan fingerprint density at radius 3 is 2.30 bits per heavy atom. The molecule has 196 valence electrons. The van der Waals surface area contributed by atoms with Gasteiger partial charge in [0.2, 0.25) is 10.0 Å². The summed E-state index contributed by atoms with van der Waals surface area (Å²) in [5.41, 5.74) is 8.64. The Hall–Kier alpha value is -3.31. The molecule has 9 nitrogen and oxygen atoms in total. The Morgan fingerprint density at radius 2 is 1.62 bits per heavy atom. The van der Waals surface area contributed by atoms with Crippen molar-refractivity contribution in [1.29, 1.82) is 0 Å². The second-order valence-electron chi connectivity index (χ2n) is 8.78. The molecule has 0 bridgehead atoms. The monoisotopic (exact) mass is 524 g/mol. The topological polar surface area (TPSA) is 131 Å². The third-order valence-electron chi connectivity index (χ3n) is 6.58. The van der Waals surface area contributed by atoms with Crippen LogP contribution in [0.1, 0.15) is 41.8 Å². The van der Waals surface area contributed by atoms with E-state index in [2.05, 4.69) is 28.8 Å². The molecule has 10 heteroatoms. The molecule has 0 unspecified atom stereocenters. The first kappa shape index (κ1) is 26.7. The number of rotatable bonds is 12. The quantitative estimate of drug-likeness (QED) is 0.363. The van der Waals surface area contributed by atoms with Crippen LogP contribution in [-0.2, 0) is 19.6 Å². The van der Waals surface area contributed by atoms with Gasteiger partial charge in [-0.25, -0.2) is 13.1 Å². The fraction of sp³-hybridized carbons (Fsp3) is 0.333. The summed E-state index contributed by atoms with van der Waals surface area (Å²) in [4.78, 5) is 28.3. The van der Waals surface area contributed by atoms with Crippen molar-refractivity contribution < 1.29 is 22.7 Å². The van der Waals surface area contributed by atoms with E-state index in [0.717, 1.165) is 19.6 Å². The maximum atomic E-state index is 13.2. The molecular formula is C27H32N4O5S. The Kier molecular flexibility index (Phi) is 8.23. The molecule has 0 atom stereocenters. The van der Waals surface area contributed by atoms with Gasteiger partial charge >= 0.3 is 0 Å². The highest BCUT2D eigenvalue weighted by Gasteiger charge is 2.39. The third kappa shape index (κ3) is 5.52. The lowest BCUT2D eigenvalue weighted by Gasteiger charge is -2.18. The average Bonchev–Trinajstić information content (AvgIpc) is 3.26. The molecule has 1 heterocycles. The fourth-order valence-electron chi connectivity index (χ4n) is 4.46. The van der Waals surface area contributed by atoms with Gasteiger partial charge < -0.3 is 20.7 Å². The first-order chi connectivity index (χ1) is 17.8. The van der Waals surface area contributed by atoms with Gasteiger partial charge in [0.1, 0.15) is 0 Å². The van der Waals surface area contributed by atoms with Gasteiger partial charge in [0.15, 0.2) is 5.78 Å². The van der Waals surface area contributed by atoms with E-state index in [-0.39, 0.29) is 34.1 Å². The molecule has 2 aromatic carbocycles. The molecule has 0 fully saturated rings. The number of amides is 1. The Bertz CT molecular complexity index is 1360. The van der Waals surface area contributed by atoms with E-state index in [1.165, 1.54) is 12.1 Å². The molecule has 0 aromatic heterocycles. The van der Waals surface area contributed by atoms with Gasteiger partial charge in [-0.05, 0) is 37.2 Å². The predicted molar refractivity (Wildman–Crippen MR) is 142 cm³/mol. The summed E-state index contributed by atoms with van der Waals surface area (Å²) >= 11 is 0. The minimum atomic E-state index is -3.72. The third-order valence-corrected chi connectivity index (χ3v) is 8.06. The maximum absolute atomic E-state index is 13.2. The number of nitrogens with one attached hydrogen (secondary N) is 2. The van der Waals surface area contributed by atoms with Crippen molar-refractivity contribution in [3.8, 4) is 0 Å². The molecule has 4 N–H and O–H groups in total. The van der Waals surface area contributed by atoms with Crippen LogP contribution in [-0.4, -0.2) is 64.4 Å². The van der Waals surface area contributed by atoms with Crippen LogP contribution in [0.4, 0.5) is 0 Å². The van der Waals surface area contributed by atoms with Crippen LogP contribution in [0.15, 0.2) is 64.6 Å². The Balaban J connectivity index is 1.42. The molecule has 1 aliphatic carbocycles. The minimum Gasteiger partial charge on any atom is -0.398 e. The van der Waals surface area contributed by atoms with Crippen molar-refractivity contribution >= 4 is 33.1 Å². The van der Waals surface area contributed by atoms with E-state index in [1.54, 1.807) is 36.4 Å². The number of nitrogens with two attached hydrogens (primary N) is 1. The summed E-state index contributed by atoms with van der Waals surface area (Å²) in [5, 5.41) is 2.74. The summed E-state index contributed by atoms with van der Waals surface area (Å²) in [7, 11) is -3.72. The van der Waals surface area contributed by atoms with Crippen molar-refractivity contribution in [2.24, 2.45) is 5.73 Å². The second-order valence-corrected chi connectivity index (χ2v) is 10.5. The zero-order valence-electron chi connectivity index (χ0n) is 21.0. The van der Waals surface area contributed by atoms with Gasteiger partial charge in [0, 0.05) is 30.8 Å². The SMILES string of the molecule is CCN(CC)CCOCCCNS(=O)(=O)c1ccc(C2=C3C(=O)c4ccccc4C(N)=C3C(=O)N2)cc1. The van der Waals surface area contributed by atoms with Crippen LogP contribution in [0, 0.1) is 0 Å². The number of hydrogen-bond acceptors (Lipinski definition) is 7. The number of ketones is 1. The molecule has 4 rings (SSSR count). The molecule has 1 amide bonds. The van der Waals surface area contributed by atoms with E-state index in [9.17, 15) is 18.0 Å². The highest BCUT2D eigenvalue weighted by atomic mass is 32.2. The van der Waals surface area contributed by atoms with Gasteiger partial charge in [-0.1, -0.05) is 50.2 Å². The maximum Gasteiger partial charge on any atom is 0.258 e. The first-order valence-corrected chi connectivity index (χ1v) is 13.9. The van der Waals surface area contributed by atoms with E-state index in [0.29, 0.717) is 42.0 Å². The molecular weight excluding hydrogens is 492 g/mol. The number of benzene rings is 2. The van der Waals surface area contributed by atoms with Crippen LogP contribution in [0.5, 0.6) is 0 Å². The van der Waals surface area contributed by atoms with Gasteiger partial charge in [-0.3, -0.25) is 9.59 Å². The van der Waals surface area contributed by atoms with Crippen molar-refractivity contribution in [3.05, 3.63) is 76.4 Å². The second kappa shape index (κ2) is 11.4. The van der Waals surface area contributed by atoms with Crippen LogP contribution < -0.4 is 15.8 Å². The number of sulfonamides is 1. The lowest BCUT2D eigenvalue weighted by molar-refractivity contribution is -0.115. The summed E-state index contributed by atoms with van der Waals surface area (Å²) < 4.78 is 33.6. The highest BCUT2D eigenvalue weighted by Crippen LogP contribution is 2.39. The van der Waals surface area contributed by atoms with Crippen LogP contribution in [0.25, 0.3) is 11.4 Å². The molecule has 0 saturated heterocycles. The number of ether oxygens (including phenoxy) is 1. The molecule has 37 heavy (non-hydrogen) atoms. The summed E-state index contributed by atoms with van der Waals surface area (Å²) in [6, 6.07) is 12.9. The van der Waals surface area contributed by atoms with Gasteiger partial charge in [-0.2, -0.15) is 0 Å². The summed E-state index contributed by atoms with van der Waals surface area (Å²) in [6.45, 7) is 8.33. The molecule has 0 radical (unpaired) electrons. The zero-order chi connectivity index (χ0) is 26.6. The van der Waals surface area contributed by atoms with Crippen molar-refractivity contribution in [3.63, 3.8) is 0 Å². The minimum absolute atomic E-state index is 0.0872. The summed E-state index contributed by atoms with van der Waals surface area (Å²) in [5.74, 6) is -0.756. The first-order valence-electron chi connectivity index (χ1n) is 12.4. The number of hydrogen-bond donors (Lipinski definition) is 3. The standard InChI is InChI=1S/C27H32N4O5S/c1-3-31(4-2)15-17-36-16-7-14-29-37(34,35)19-12-10-18(11-13-19)25-23-22(27(33)30-25)24(28)20-8-5-6-9-21(20)26(23)32/h5-6,8-13,29H,3-4,7,14-17,28H2,1-2H3,(H,30,33). The van der Waals surface area contributed by atoms with Gasteiger partial charge in [0.05, 0.1) is 34.0 Å². The van der Waals surface area contributed by atoms with E-state index in [4.69, 9.17) is 10.5 Å².